The molecule has 0 aliphatic rings. The third kappa shape index (κ3) is 7.89. The highest BCUT2D eigenvalue weighted by Gasteiger charge is 2.34. The minimum Gasteiger partial charge on any atom is -0.544 e. The zero-order chi connectivity index (χ0) is 16.8. The molecule has 0 saturated carbocycles. The minimum atomic E-state index is -1.21. The van der Waals surface area contributed by atoms with Crippen LogP contribution in [-0.2, 0) is 9.53 Å². The number of aliphatic carboxylic acids is 1. The number of allylic oxidation sites excluding steroid dienone is 1. The summed E-state index contributed by atoms with van der Waals surface area (Å²) in [5.41, 5.74) is 0. The lowest BCUT2D eigenvalue weighted by Crippen LogP contribution is -2.63. The van der Waals surface area contributed by atoms with Gasteiger partial charge in [-0.3, -0.25) is 4.48 Å². The van der Waals surface area contributed by atoms with Crippen LogP contribution >= 0.6 is 0 Å². The second-order valence-electron chi connectivity index (χ2n) is 5.58. The number of carboxylic acid groups (broad SMARTS) is 1. The van der Waals surface area contributed by atoms with Crippen molar-refractivity contribution in [2.24, 2.45) is 0 Å². The molecular formula is C16H31NO5. The molecule has 0 fully saturated rings. The lowest BCUT2D eigenvalue weighted by molar-refractivity contribution is -0.960. The van der Waals surface area contributed by atoms with E-state index in [-0.39, 0.29) is 37.5 Å². The number of carbonyl (C=O) groups excluding carboxylic acids is 1. The predicted octanol–water partition coefficient (Wildman–Crippen LogP) is 0.0368. The van der Waals surface area contributed by atoms with E-state index in [1.165, 1.54) is 19.8 Å². The van der Waals surface area contributed by atoms with Crippen molar-refractivity contribution in [2.75, 3.05) is 39.6 Å². The molecule has 0 saturated heterocycles. The Bertz CT molecular complexity index is 314. The number of rotatable bonds is 14. The maximum absolute atomic E-state index is 11.2. The summed E-state index contributed by atoms with van der Waals surface area (Å²) in [6.07, 6.45) is 8.55. The number of unbranched alkanes of at least 4 members (excludes halogenated alkanes) is 3. The van der Waals surface area contributed by atoms with Gasteiger partial charge in [-0.05, 0) is 19.8 Å². The summed E-state index contributed by atoms with van der Waals surface area (Å²) < 4.78 is 5.51. The molecule has 6 heteroatoms. The van der Waals surface area contributed by atoms with Crippen molar-refractivity contribution in [2.45, 2.75) is 45.6 Å². The fourth-order valence-corrected chi connectivity index (χ4v) is 2.36. The Morgan fingerprint density at radius 1 is 1.23 bits per heavy atom. The molecular weight excluding hydrogens is 286 g/mol. The highest BCUT2D eigenvalue weighted by atomic mass is 16.5. The van der Waals surface area contributed by atoms with Crippen LogP contribution in [0.5, 0.6) is 0 Å². The van der Waals surface area contributed by atoms with Crippen LogP contribution in [0.1, 0.15) is 39.5 Å². The summed E-state index contributed by atoms with van der Waals surface area (Å²) in [6, 6.07) is -0.854. The maximum Gasteiger partial charge on any atom is 0.184 e. The molecule has 0 rings (SSSR count). The first-order valence-electron chi connectivity index (χ1n) is 8.05. The van der Waals surface area contributed by atoms with E-state index in [1.807, 2.05) is 6.08 Å². The lowest BCUT2D eigenvalue weighted by Gasteiger charge is -2.42. The molecule has 0 amide bonds. The van der Waals surface area contributed by atoms with Crippen LogP contribution in [0.4, 0.5) is 0 Å². The Morgan fingerprint density at radius 2 is 1.86 bits per heavy atom. The van der Waals surface area contributed by atoms with Gasteiger partial charge in [0.05, 0.1) is 25.8 Å². The summed E-state index contributed by atoms with van der Waals surface area (Å²) in [5.74, 6) is -1.21. The standard InChI is InChI=1S/C16H31NO5/c1-3-4-5-6-7-8-13-22-14-17(9-11-18,10-12-19)15(2)16(20)21/h7-8,15,18-19H,3-6,9-14H2,1-2H3/b8-7+. The molecule has 1 unspecified atom stereocenters. The van der Waals surface area contributed by atoms with Crippen LogP contribution in [0.15, 0.2) is 12.2 Å². The molecule has 2 N–H and O–H groups in total. The molecule has 0 heterocycles. The number of carboxylic acids is 1. The van der Waals surface area contributed by atoms with Gasteiger partial charge in [0, 0.05) is 0 Å². The first kappa shape index (κ1) is 21.0. The van der Waals surface area contributed by atoms with Gasteiger partial charge in [-0.1, -0.05) is 31.9 Å². The largest absolute Gasteiger partial charge is 0.544 e. The molecule has 1 atom stereocenters. The molecule has 0 radical (unpaired) electrons. The van der Waals surface area contributed by atoms with Crippen LogP contribution in [-0.4, -0.2) is 66.3 Å². The van der Waals surface area contributed by atoms with Crippen molar-refractivity contribution in [1.82, 2.24) is 0 Å². The molecule has 0 spiro atoms. The van der Waals surface area contributed by atoms with Gasteiger partial charge in [0.25, 0.3) is 0 Å². The third-order valence-corrected chi connectivity index (χ3v) is 3.96. The minimum absolute atomic E-state index is 0.0427. The van der Waals surface area contributed by atoms with Crippen LogP contribution in [0.3, 0.4) is 0 Å². The monoisotopic (exact) mass is 317 g/mol. The van der Waals surface area contributed by atoms with Crippen molar-refractivity contribution in [3.63, 3.8) is 0 Å². The fourth-order valence-electron chi connectivity index (χ4n) is 2.36. The number of hydrogen-bond acceptors (Lipinski definition) is 5. The number of nitrogens with zero attached hydrogens (tertiary/aromatic N) is 1. The predicted molar refractivity (Wildman–Crippen MR) is 82.7 cm³/mol. The number of hydrogen-bond donors (Lipinski definition) is 2. The Hall–Kier alpha value is -0.950. The van der Waals surface area contributed by atoms with Crippen LogP contribution in [0.25, 0.3) is 0 Å². The first-order valence-corrected chi connectivity index (χ1v) is 8.05. The van der Waals surface area contributed by atoms with Gasteiger partial charge in [-0.2, -0.15) is 0 Å². The molecule has 22 heavy (non-hydrogen) atoms. The summed E-state index contributed by atoms with van der Waals surface area (Å²) in [6.45, 7) is 4.25. The van der Waals surface area contributed by atoms with E-state index in [1.54, 1.807) is 0 Å². The van der Waals surface area contributed by atoms with Crippen LogP contribution < -0.4 is 5.11 Å². The Morgan fingerprint density at radius 3 is 2.36 bits per heavy atom. The normalized spacial score (nSPS) is 13.6. The highest BCUT2D eigenvalue weighted by molar-refractivity contribution is 5.69. The molecule has 130 valence electrons. The van der Waals surface area contributed by atoms with Gasteiger partial charge >= 0.3 is 0 Å². The summed E-state index contributed by atoms with van der Waals surface area (Å²) in [7, 11) is 0. The topological polar surface area (TPSA) is 89.8 Å². The van der Waals surface area contributed by atoms with E-state index in [0.29, 0.717) is 6.61 Å². The number of carbonyl (C=O) groups is 1. The van der Waals surface area contributed by atoms with E-state index < -0.39 is 12.0 Å². The van der Waals surface area contributed by atoms with Crippen molar-refractivity contribution in [1.29, 1.82) is 0 Å². The van der Waals surface area contributed by atoms with E-state index >= 15 is 0 Å². The van der Waals surface area contributed by atoms with Gasteiger partial charge in [0.15, 0.2) is 6.73 Å². The van der Waals surface area contributed by atoms with Crippen LogP contribution in [0.2, 0.25) is 0 Å². The summed E-state index contributed by atoms with van der Waals surface area (Å²) >= 11 is 0. The van der Waals surface area contributed by atoms with Crippen molar-refractivity contribution in [3.8, 4) is 0 Å². The molecule has 0 aromatic heterocycles. The summed E-state index contributed by atoms with van der Waals surface area (Å²) in [4.78, 5) is 11.2. The highest BCUT2D eigenvalue weighted by Crippen LogP contribution is 2.13. The lowest BCUT2D eigenvalue weighted by atomic mass is 10.2. The van der Waals surface area contributed by atoms with Crippen molar-refractivity contribution >= 4 is 5.97 Å². The second-order valence-corrected chi connectivity index (χ2v) is 5.58. The van der Waals surface area contributed by atoms with E-state index in [9.17, 15) is 20.1 Å². The van der Waals surface area contributed by atoms with Gasteiger partial charge in [-0.15, -0.1) is 0 Å². The molecule has 0 bridgehead atoms. The fraction of sp³-hybridized carbons (Fsp3) is 0.812. The average Bonchev–Trinajstić information content (AvgIpc) is 2.49. The van der Waals surface area contributed by atoms with Gasteiger partial charge < -0.3 is 24.9 Å². The molecule has 0 aromatic rings. The Labute approximate surface area is 133 Å². The van der Waals surface area contributed by atoms with E-state index in [4.69, 9.17) is 4.74 Å². The number of ether oxygens (including phenoxy) is 1. The molecule has 0 aliphatic heterocycles. The van der Waals surface area contributed by atoms with Gasteiger partial charge in [0.1, 0.15) is 19.1 Å². The van der Waals surface area contributed by atoms with E-state index in [2.05, 4.69) is 13.0 Å². The summed E-state index contributed by atoms with van der Waals surface area (Å²) in [5, 5.41) is 29.6. The Kier molecular flexibility index (Phi) is 12.0. The number of aliphatic hydroxyl groups excluding tert-OH is 2. The third-order valence-electron chi connectivity index (χ3n) is 3.96. The zero-order valence-corrected chi connectivity index (χ0v) is 13.9. The first-order chi connectivity index (χ1) is 10.5. The molecule has 0 aromatic carbocycles. The number of quaternary nitrogens is 1. The van der Waals surface area contributed by atoms with E-state index in [0.717, 1.165) is 12.8 Å². The average molecular weight is 317 g/mol. The zero-order valence-electron chi connectivity index (χ0n) is 13.9. The van der Waals surface area contributed by atoms with Gasteiger partial charge in [-0.25, -0.2) is 0 Å². The molecule has 6 nitrogen and oxygen atoms in total. The Balaban J connectivity index is 4.42. The quantitative estimate of drug-likeness (QED) is 0.204. The number of aliphatic hydroxyl groups is 2. The maximum atomic E-state index is 11.2. The smallest absolute Gasteiger partial charge is 0.184 e. The van der Waals surface area contributed by atoms with Crippen molar-refractivity contribution < 1.29 is 29.3 Å². The van der Waals surface area contributed by atoms with Crippen LogP contribution in [0, 0.1) is 0 Å². The van der Waals surface area contributed by atoms with Gasteiger partial charge in [0.2, 0.25) is 0 Å². The van der Waals surface area contributed by atoms with Crippen molar-refractivity contribution in [3.05, 3.63) is 12.2 Å². The SMILES string of the molecule is CCCCC/C=C/COC[N+](CCO)(CCO)C(C)C(=O)[O-]. The molecule has 0 aliphatic carbocycles. The second kappa shape index (κ2) is 12.6.